The zero-order valence-corrected chi connectivity index (χ0v) is 19.9. The molecule has 168 valence electrons. The molecule has 5 heteroatoms. The van der Waals surface area contributed by atoms with Crippen LogP contribution in [0.4, 0.5) is 0 Å². The van der Waals surface area contributed by atoms with Gasteiger partial charge in [0.25, 0.3) is 5.91 Å². The third-order valence-corrected chi connectivity index (χ3v) is 6.82. The average Bonchev–Trinajstić information content (AvgIpc) is 3.16. The molecule has 1 saturated heterocycles. The molecule has 4 rings (SSSR count). The van der Waals surface area contributed by atoms with Crippen molar-refractivity contribution in [2.75, 3.05) is 13.1 Å². The Morgan fingerprint density at radius 2 is 1.74 bits per heavy atom. The van der Waals surface area contributed by atoms with Gasteiger partial charge >= 0.3 is 0 Å². The van der Waals surface area contributed by atoms with E-state index in [2.05, 4.69) is 34.6 Å². The zero-order chi connectivity index (χ0) is 22.5. The predicted octanol–water partition coefficient (Wildman–Crippen LogP) is 5.15. The summed E-state index contributed by atoms with van der Waals surface area (Å²) in [5, 5.41) is 0. The lowest BCUT2D eigenvalue weighted by Gasteiger charge is -2.36. The van der Waals surface area contributed by atoms with Crippen LogP contribution in [-0.4, -0.2) is 41.7 Å². The lowest BCUT2D eigenvalue weighted by atomic mass is 9.84. The molecule has 0 aliphatic carbocycles. The van der Waals surface area contributed by atoms with Crippen molar-refractivity contribution in [2.24, 2.45) is 0 Å². The fourth-order valence-electron chi connectivity index (χ4n) is 4.98. The van der Waals surface area contributed by atoms with Crippen molar-refractivity contribution >= 4 is 5.91 Å². The number of carbonyl (C=O) groups is 1. The van der Waals surface area contributed by atoms with Gasteiger partial charge in [0.2, 0.25) is 0 Å². The van der Waals surface area contributed by atoms with E-state index < -0.39 is 0 Å². The number of rotatable bonds is 3. The third-order valence-electron chi connectivity index (χ3n) is 6.82. The van der Waals surface area contributed by atoms with Crippen LogP contribution >= 0.6 is 0 Å². The number of nitrogens with zero attached hydrogens (tertiary/aromatic N) is 1. The standard InChI is InChI=1S/C26H35NO4/c1-15-13-27(14-16(2)29-15)25(28)23-9-8-20(30-23)12-22-17(3)18(4)24-21(19(22)5)10-11-26(6,7)31-24/h8-9,15-16H,10-14H2,1-7H3/t15-,16+. The lowest BCUT2D eigenvalue weighted by Crippen LogP contribution is -2.48. The van der Waals surface area contributed by atoms with Gasteiger partial charge in [-0.15, -0.1) is 0 Å². The second-order valence-corrected chi connectivity index (χ2v) is 9.93. The van der Waals surface area contributed by atoms with Gasteiger partial charge in [-0.05, 0) is 101 Å². The van der Waals surface area contributed by atoms with Crippen LogP contribution in [0.25, 0.3) is 0 Å². The summed E-state index contributed by atoms with van der Waals surface area (Å²) in [5.74, 6) is 2.23. The van der Waals surface area contributed by atoms with Crippen molar-refractivity contribution in [3.63, 3.8) is 0 Å². The number of furan rings is 1. The molecule has 1 fully saturated rings. The number of carbonyl (C=O) groups excluding carboxylic acids is 1. The van der Waals surface area contributed by atoms with E-state index in [9.17, 15) is 4.79 Å². The summed E-state index contributed by atoms with van der Waals surface area (Å²) in [6.07, 6.45) is 2.80. The van der Waals surface area contributed by atoms with Gasteiger partial charge in [0.1, 0.15) is 17.1 Å². The van der Waals surface area contributed by atoms with E-state index >= 15 is 0 Å². The van der Waals surface area contributed by atoms with Gasteiger partial charge in [-0.25, -0.2) is 0 Å². The Morgan fingerprint density at radius 3 is 2.42 bits per heavy atom. The minimum Gasteiger partial charge on any atom is -0.487 e. The highest BCUT2D eigenvalue weighted by Crippen LogP contribution is 2.41. The van der Waals surface area contributed by atoms with E-state index in [0.29, 0.717) is 25.3 Å². The lowest BCUT2D eigenvalue weighted by molar-refractivity contribution is -0.0592. The Balaban J connectivity index is 1.58. The Labute approximate surface area is 185 Å². The maximum Gasteiger partial charge on any atom is 0.289 e. The fourth-order valence-corrected chi connectivity index (χ4v) is 4.98. The molecule has 0 N–H and O–H groups in total. The Hall–Kier alpha value is -2.27. The molecule has 2 atom stereocenters. The van der Waals surface area contributed by atoms with E-state index in [1.54, 1.807) is 0 Å². The van der Waals surface area contributed by atoms with Crippen LogP contribution in [0.1, 0.15) is 78.2 Å². The number of morpholine rings is 1. The molecule has 0 spiro atoms. The molecule has 0 radical (unpaired) electrons. The molecular formula is C26H35NO4. The summed E-state index contributed by atoms with van der Waals surface area (Å²) in [7, 11) is 0. The molecule has 0 unspecified atom stereocenters. The number of hydrogen-bond donors (Lipinski definition) is 0. The molecule has 1 aromatic carbocycles. The summed E-state index contributed by atoms with van der Waals surface area (Å²) >= 11 is 0. The van der Waals surface area contributed by atoms with Gasteiger partial charge < -0.3 is 18.8 Å². The second kappa shape index (κ2) is 8.01. The number of ether oxygens (including phenoxy) is 2. The van der Waals surface area contributed by atoms with E-state index in [1.165, 1.54) is 27.8 Å². The molecule has 31 heavy (non-hydrogen) atoms. The molecule has 0 bridgehead atoms. The topological polar surface area (TPSA) is 51.9 Å². The quantitative estimate of drug-likeness (QED) is 0.683. The van der Waals surface area contributed by atoms with Gasteiger partial charge in [-0.2, -0.15) is 0 Å². The smallest absolute Gasteiger partial charge is 0.289 e. The first-order valence-corrected chi connectivity index (χ1v) is 11.4. The Kier molecular flexibility index (Phi) is 5.67. The van der Waals surface area contributed by atoms with Crippen molar-refractivity contribution in [3.8, 4) is 5.75 Å². The highest BCUT2D eigenvalue weighted by molar-refractivity contribution is 5.91. The minimum absolute atomic E-state index is 0.0399. The van der Waals surface area contributed by atoms with Crippen molar-refractivity contribution in [1.82, 2.24) is 4.90 Å². The van der Waals surface area contributed by atoms with E-state index in [0.717, 1.165) is 24.4 Å². The monoisotopic (exact) mass is 425 g/mol. The number of hydrogen-bond acceptors (Lipinski definition) is 4. The first kappa shape index (κ1) is 21.9. The summed E-state index contributed by atoms with van der Waals surface area (Å²) < 4.78 is 18.1. The summed E-state index contributed by atoms with van der Waals surface area (Å²) in [6, 6.07) is 3.75. The zero-order valence-electron chi connectivity index (χ0n) is 19.9. The van der Waals surface area contributed by atoms with Crippen molar-refractivity contribution in [2.45, 2.75) is 85.5 Å². The fraction of sp³-hybridized carbons (Fsp3) is 0.577. The molecule has 0 saturated carbocycles. The van der Waals surface area contributed by atoms with Crippen LogP contribution in [0, 0.1) is 20.8 Å². The van der Waals surface area contributed by atoms with Crippen LogP contribution in [0.5, 0.6) is 5.75 Å². The van der Waals surface area contributed by atoms with E-state index in [-0.39, 0.29) is 23.7 Å². The summed E-state index contributed by atoms with van der Waals surface area (Å²) in [6.45, 7) is 16.0. The van der Waals surface area contributed by atoms with Gasteiger partial charge in [-0.1, -0.05) is 0 Å². The van der Waals surface area contributed by atoms with Crippen LogP contribution in [0.2, 0.25) is 0 Å². The van der Waals surface area contributed by atoms with Crippen LogP contribution in [0.15, 0.2) is 16.5 Å². The second-order valence-electron chi connectivity index (χ2n) is 9.93. The maximum absolute atomic E-state index is 13.0. The number of fused-ring (bicyclic) bond motifs is 1. The first-order chi connectivity index (χ1) is 14.6. The van der Waals surface area contributed by atoms with E-state index in [1.807, 2.05) is 30.9 Å². The Morgan fingerprint density at radius 1 is 1.06 bits per heavy atom. The maximum atomic E-state index is 13.0. The summed E-state index contributed by atoms with van der Waals surface area (Å²) in [5.41, 5.74) is 6.21. The van der Waals surface area contributed by atoms with Crippen LogP contribution in [0.3, 0.4) is 0 Å². The molecule has 1 aromatic heterocycles. The minimum atomic E-state index is -0.122. The van der Waals surface area contributed by atoms with Crippen molar-refractivity contribution < 1.29 is 18.7 Å². The first-order valence-electron chi connectivity index (χ1n) is 11.4. The highest BCUT2D eigenvalue weighted by atomic mass is 16.5. The molecule has 3 heterocycles. The molecule has 2 aliphatic heterocycles. The van der Waals surface area contributed by atoms with Crippen molar-refractivity contribution in [3.05, 3.63) is 51.5 Å². The normalized spacial score (nSPS) is 22.7. The van der Waals surface area contributed by atoms with Crippen molar-refractivity contribution in [1.29, 1.82) is 0 Å². The van der Waals surface area contributed by atoms with Gasteiger partial charge in [0.05, 0.1) is 12.2 Å². The summed E-state index contributed by atoms with van der Waals surface area (Å²) in [4.78, 5) is 14.8. The third kappa shape index (κ3) is 4.25. The van der Waals surface area contributed by atoms with Crippen LogP contribution in [-0.2, 0) is 17.6 Å². The van der Waals surface area contributed by atoms with Gasteiger partial charge in [0, 0.05) is 19.5 Å². The van der Waals surface area contributed by atoms with E-state index in [4.69, 9.17) is 13.9 Å². The molecule has 5 nitrogen and oxygen atoms in total. The van der Waals surface area contributed by atoms with Gasteiger partial charge in [-0.3, -0.25) is 4.79 Å². The Bertz CT molecular complexity index is 993. The SMILES string of the molecule is Cc1c(C)c2c(c(C)c1Cc1ccc(C(=O)N3C[C@@H](C)O[C@@H](C)C3)o1)CCC(C)(C)O2. The van der Waals surface area contributed by atoms with Gasteiger partial charge in [0.15, 0.2) is 5.76 Å². The predicted molar refractivity (Wildman–Crippen MR) is 121 cm³/mol. The average molecular weight is 426 g/mol. The number of benzene rings is 1. The number of amides is 1. The molecular weight excluding hydrogens is 390 g/mol. The molecule has 1 amide bonds. The molecule has 2 aromatic rings. The molecule has 2 aliphatic rings. The highest BCUT2D eigenvalue weighted by Gasteiger charge is 2.31. The largest absolute Gasteiger partial charge is 0.487 e. The van der Waals surface area contributed by atoms with Crippen LogP contribution < -0.4 is 4.74 Å².